The lowest BCUT2D eigenvalue weighted by Crippen LogP contribution is -2.37. The number of rotatable bonds is 6. The normalized spacial score (nSPS) is 14.6. The van der Waals surface area contributed by atoms with E-state index in [9.17, 15) is 9.50 Å². The molecule has 0 aliphatic carbocycles. The molecule has 0 aromatic heterocycles. The Morgan fingerprint density at radius 1 is 1.53 bits per heavy atom. The van der Waals surface area contributed by atoms with Crippen molar-refractivity contribution in [3.05, 3.63) is 34.1 Å². The van der Waals surface area contributed by atoms with Crippen LogP contribution in [0.5, 0.6) is 0 Å². The van der Waals surface area contributed by atoms with Crippen LogP contribution in [0.1, 0.15) is 12.5 Å². The maximum Gasteiger partial charge on any atom is 0.130 e. The summed E-state index contributed by atoms with van der Waals surface area (Å²) in [6.45, 7) is 3.03. The van der Waals surface area contributed by atoms with Crippen LogP contribution in [0.25, 0.3) is 0 Å². The standard InChI is InChI=1S/C12H17BrFNO2/c1-12(16,8-15-5-6-17-2)10-4-3-9(13)7-11(10)14/h3-4,7,15-16H,5-6,8H2,1-2H3. The number of benzene rings is 1. The van der Waals surface area contributed by atoms with Crippen LogP contribution in [-0.2, 0) is 10.3 Å². The molecule has 1 aromatic carbocycles. The smallest absolute Gasteiger partial charge is 0.130 e. The van der Waals surface area contributed by atoms with Crippen molar-refractivity contribution < 1.29 is 14.2 Å². The molecule has 0 saturated heterocycles. The topological polar surface area (TPSA) is 41.5 Å². The fourth-order valence-corrected chi connectivity index (χ4v) is 1.86. The van der Waals surface area contributed by atoms with Gasteiger partial charge in [0.05, 0.1) is 6.61 Å². The van der Waals surface area contributed by atoms with E-state index in [4.69, 9.17) is 4.74 Å². The van der Waals surface area contributed by atoms with Gasteiger partial charge in [-0.1, -0.05) is 22.0 Å². The SMILES string of the molecule is COCCNCC(C)(O)c1ccc(Br)cc1F. The molecule has 0 saturated carbocycles. The molecule has 1 atom stereocenters. The van der Waals surface area contributed by atoms with Crippen LogP contribution in [0.15, 0.2) is 22.7 Å². The van der Waals surface area contributed by atoms with E-state index in [1.165, 1.54) is 6.07 Å². The van der Waals surface area contributed by atoms with Crippen molar-refractivity contribution in [2.24, 2.45) is 0 Å². The van der Waals surface area contributed by atoms with Gasteiger partial charge in [0.25, 0.3) is 0 Å². The minimum absolute atomic E-state index is 0.273. The van der Waals surface area contributed by atoms with Crippen LogP contribution < -0.4 is 5.32 Å². The first-order chi connectivity index (χ1) is 7.97. The number of ether oxygens (including phenoxy) is 1. The fourth-order valence-electron chi connectivity index (χ4n) is 1.53. The van der Waals surface area contributed by atoms with Gasteiger partial charge in [0.15, 0.2) is 0 Å². The summed E-state index contributed by atoms with van der Waals surface area (Å²) in [6, 6.07) is 4.64. The van der Waals surface area contributed by atoms with Gasteiger partial charge < -0.3 is 15.2 Å². The first-order valence-electron chi connectivity index (χ1n) is 5.35. The third kappa shape index (κ3) is 4.35. The van der Waals surface area contributed by atoms with Crippen molar-refractivity contribution in [2.75, 3.05) is 26.8 Å². The monoisotopic (exact) mass is 305 g/mol. The zero-order valence-electron chi connectivity index (χ0n) is 9.96. The maximum absolute atomic E-state index is 13.7. The van der Waals surface area contributed by atoms with Gasteiger partial charge in [0.2, 0.25) is 0 Å². The number of hydrogen-bond acceptors (Lipinski definition) is 3. The van der Waals surface area contributed by atoms with Crippen LogP contribution in [-0.4, -0.2) is 31.9 Å². The first-order valence-corrected chi connectivity index (χ1v) is 6.14. The summed E-state index contributed by atoms with van der Waals surface area (Å²) in [5.41, 5.74) is -0.955. The molecule has 0 aliphatic rings. The predicted octanol–water partition coefficient (Wildman–Crippen LogP) is 2.03. The Morgan fingerprint density at radius 3 is 2.82 bits per heavy atom. The van der Waals surface area contributed by atoms with Crippen LogP contribution in [0.3, 0.4) is 0 Å². The quantitative estimate of drug-likeness (QED) is 0.790. The van der Waals surface area contributed by atoms with Gasteiger partial charge in [0.1, 0.15) is 11.4 Å². The molecule has 0 spiro atoms. The van der Waals surface area contributed by atoms with Crippen LogP contribution in [0, 0.1) is 5.82 Å². The molecule has 96 valence electrons. The Kier molecular flexibility index (Phi) is 5.52. The molecule has 0 aliphatic heterocycles. The molecule has 3 nitrogen and oxygen atoms in total. The average Bonchev–Trinajstić information content (AvgIpc) is 2.24. The summed E-state index contributed by atoms with van der Waals surface area (Å²) in [7, 11) is 1.61. The van der Waals surface area contributed by atoms with E-state index in [0.717, 1.165) is 0 Å². The number of aliphatic hydroxyl groups is 1. The van der Waals surface area contributed by atoms with Gasteiger partial charge in [-0.15, -0.1) is 0 Å². The van der Waals surface area contributed by atoms with E-state index in [1.54, 1.807) is 26.2 Å². The lowest BCUT2D eigenvalue weighted by atomic mass is 9.95. The Hall–Kier alpha value is -0.490. The van der Waals surface area contributed by atoms with Crippen molar-refractivity contribution in [1.82, 2.24) is 5.32 Å². The minimum Gasteiger partial charge on any atom is -0.384 e. The second-order valence-corrected chi connectivity index (χ2v) is 4.98. The van der Waals surface area contributed by atoms with Crippen LogP contribution in [0.4, 0.5) is 4.39 Å². The molecule has 2 N–H and O–H groups in total. The Labute approximate surface area is 109 Å². The molecule has 0 heterocycles. The predicted molar refractivity (Wildman–Crippen MR) is 68.4 cm³/mol. The number of hydrogen-bond donors (Lipinski definition) is 2. The van der Waals surface area contributed by atoms with Crippen molar-refractivity contribution >= 4 is 15.9 Å². The molecule has 5 heteroatoms. The summed E-state index contributed by atoms with van der Waals surface area (Å²) in [6.07, 6.45) is 0. The highest BCUT2D eigenvalue weighted by Gasteiger charge is 2.26. The van der Waals surface area contributed by atoms with Gasteiger partial charge in [-0.2, -0.15) is 0 Å². The van der Waals surface area contributed by atoms with Crippen LogP contribution in [0.2, 0.25) is 0 Å². The third-order valence-corrected chi connectivity index (χ3v) is 2.96. The van der Waals surface area contributed by atoms with E-state index < -0.39 is 11.4 Å². The van der Waals surface area contributed by atoms with Crippen molar-refractivity contribution in [3.63, 3.8) is 0 Å². The van der Waals surface area contributed by atoms with Gasteiger partial charge >= 0.3 is 0 Å². The molecule has 1 unspecified atom stereocenters. The Bertz CT molecular complexity index is 372. The van der Waals surface area contributed by atoms with Crippen molar-refractivity contribution in [1.29, 1.82) is 0 Å². The van der Waals surface area contributed by atoms with Crippen molar-refractivity contribution in [3.8, 4) is 0 Å². The van der Waals surface area contributed by atoms with E-state index in [1.807, 2.05) is 0 Å². The van der Waals surface area contributed by atoms with E-state index >= 15 is 0 Å². The minimum atomic E-state index is -1.24. The molecular weight excluding hydrogens is 289 g/mol. The fraction of sp³-hybridized carbons (Fsp3) is 0.500. The second kappa shape index (κ2) is 6.44. The van der Waals surface area contributed by atoms with E-state index in [0.29, 0.717) is 17.6 Å². The molecular formula is C12H17BrFNO2. The molecule has 0 radical (unpaired) electrons. The molecule has 1 aromatic rings. The van der Waals surface area contributed by atoms with Gasteiger partial charge in [-0.3, -0.25) is 0 Å². The van der Waals surface area contributed by atoms with E-state index in [-0.39, 0.29) is 12.1 Å². The summed E-state index contributed by atoms with van der Waals surface area (Å²) in [5.74, 6) is -0.419. The number of nitrogens with one attached hydrogen (secondary N) is 1. The van der Waals surface area contributed by atoms with Gasteiger partial charge in [-0.25, -0.2) is 4.39 Å². The zero-order valence-corrected chi connectivity index (χ0v) is 11.6. The van der Waals surface area contributed by atoms with Crippen LogP contribution >= 0.6 is 15.9 Å². The zero-order chi connectivity index (χ0) is 12.9. The highest BCUT2D eigenvalue weighted by atomic mass is 79.9. The summed E-state index contributed by atoms with van der Waals surface area (Å²) in [4.78, 5) is 0. The Balaban J connectivity index is 2.68. The summed E-state index contributed by atoms with van der Waals surface area (Å²) >= 11 is 3.18. The lowest BCUT2D eigenvalue weighted by molar-refractivity contribution is 0.0513. The average molecular weight is 306 g/mol. The number of halogens is 2. The lowest BCUT2D eigenvalue weighted by Gasteiger charge is -2.25. The summed E-state index contributed by atoms with van der Waals surface area (Å²) in [5, 5.41) is 13.2. The molecule has 1 rings (SSSR count). The highest BCUT2D eigenvalue weighted by Crippen LogP contribution is 2.25. The van der Waals surface area contributed by atoms with Gasteiger partial charge in [-0.05, 0) is 19.1 Å². The maximum atomic E-state index is 13.7. The third-order valence-electron chi connectivity index (χ3n) is 2.46. The number of methoxy groups -OCH3 is 1. The van der Waals surface area contributed by atoms with Gasteiger partial charge in [0, 0.05) is 30.2 Å². The Morgan fingerprint density at radius 2 is 2.24 bits per heavy atom. The highest BCUT2D eigenvalue weighted by molar-refractivity contribution is 9.10. The molecule has 0 amide bonds. The molecule has 17 heavy (non-hydrogen) atoms. The van der Waals surface area contributed by atoms with E-state index in [2.05, 4.69) is 21.2 Å². The molecule has 0 bridgehead atoms. The summed E-state index contributed by atoms with van der Waals surface area (Å²) < 4.78 is 19.2. The molecule has 0 fully saturated rings. The first kappa shape index (κ1) is 14.6. The largest absolute Gasteiger partial charge is 0.384 e. The van der Waals surface area contributed by atoms with Crippen molar-refractivity contribution in [2.45, 2.75) is 12.5 Å². The second-order valence-electron chi connectivity index (χ2n) is 4.07.